The number of benzene rings is 1. The normalized spacial score (nSPS) is 19.3. The van der Waals surface area contributed by atoms with Crippen LogP contribution in [0.1, 0.15) is 18.9 Å². The Balaban J connectivity index is 1.77. The van der Waals surface area contributed by atoms with Crippen LogP contribution in [0.15, 0.2) is 30.3 Å². The van der Waals surface area contributed by atoms with Gasteiger partial charge in [-0.1, -0.05) is 30.3 Å². The van der Waals surface area contributed by atoms with E-state index in [1.807, 2.05) is 37.3 Å². The summed E-state index contributed by atoms with van der Waals surface area (Å²) in [6, 6.07) is 10.0. The van der Waals surface area contributed by atoms with Gasteiger partial charge in [0.25, 0.3) is 0 Å². The molecule has 2 amide bonds. The summed E-state index contributed by atoms with van der Waals surface area (Å²) < 4.78 is 5.08. The van der Waals surface area contributed by atoms with E-state index < -0.39 is 0 Å². The van der Waals surface area contributed by atoms with Crippen molar-refractivity contribution in [3.05, 3.63) is 35.9 Å². The largest absolute Gasteiger partial charge is 0.383 e. The van der Waals surface area contributed by atoms with E-state index >= 15 is 0 Å². The van der Waals surface area contributed by atoms with E-state index in [9.17, 15) is 9.59 Å². The highest BCUT2D eigenvalue weighted by molar-refractivity contribution is 5.89. The van der Waals surface area contributed by atoms with E-state index in [4.69, 9.17) is 4.74 Å². The maximum absolute atomic E-state index is 12.2. The van der Waals surface area contributed by atoms with Crippen molar-refractivity contribution in [2.45, 2.75) is 25.8 Å². The first-order valence-electron chi connectivity index (χ1n) is 7.72. The number of hydrogen-bond acceptors (Lipinski definition) is 3. The van der Waals surface area contributed by atoms with Gasteiger partial charge < -0.3 is 15.0 Å². The van der Waals surface area contributed by atoms with E-state index in [1.54, 1.807) is 12.0 Å². The SMILES string of the molecule is COC[C@H](C)N1C[C@@H](C(=O)NCCc2ccccc2)CC1=O. The van der Waals surface area contributed by atoms with Crippen molar-refractivity contribution in [3.63, 3.8) is 0 Å². The molecule has 120 valence electrons. The minimum Gasteiger partial charge on any atom is -0.383 e. The number of nitrogens with zero attached hydrogens (tertiary/aromatic N) is 1. The molecule has 1 saturated heterocycles. The molecule has 2 atom stereocenters. The summed E-state index contributed by atoms with van der Waals surface area (Å²) in [7, 11) is 1.62. The third-order valence-corrected chi connectivity index (χ3v) is 4.02. The Kier molecular flexibility index (Phi) is 5.95. The first-order valence-corrected chi connectivity index (χ1v) is 7.72. The van der Waals surface area contributed by atoms with Gasteiger partial charge in [0.05, 0.1) is 18.6 Å². The van der Waals surface area contributed by atoms with Crippen LogP contribution in [0, 0.1) is 5.92 Å². The molecule has 0 bridgehead atoms. The highest BCUT2D eigenvalue weighted by Gasteiger charge is 2.36. The molecule has 1 aromatic carbocycles. The average molecular weight is 304 g/mol. The van der Waals surface area contributed by atoms with Crippen LogP contribution < -0.4 is 5.32 Å². The van der Waals surface area contributed by atoms with Gasteiger partial charge >= 0.3 is 0 Å². The lowest BCUT2D eigenvalue weighted by molar-refractivity contribution is -0.130. The Labute approximate surface area is 131 Å². The number of likely N-dealkylation sites (tertiary alicyclic amines) is 1. The van der Waals surface area contributed by atoms with E-state index in [2.05, 4.69) is 5.32 Å². The Hall–Kier alpha value is -1.88. The summed E-state index contributed by atoms with van der Waals surface area (Å²) >= 11 is 0. The minimum absolute atomic E-state index is 0.0135. The molecule has 0 spiro atoms. The number of ether oxygens (including phenoxy) is 1. The number of amides is 2. The fraction of sp³-hybridized carbons (Fsp3) is 0.529. The highest BCUT2D eigenvalue weighted by atomic mass is 16.5. The number of carbonyl (C=O) groups excluding carboxylic acids is 2. The maximum Gasteiger partial charge on any atom is 0.225 e. The van der Waals surface area contributed by atoms with Crippen molar-refractivity contribution < 1.29 is 14.3 Å². The van der Waals surface area contributed by atoms with Crippen molar-refractivity contribution in [1.82, 2.24) is 10.2 Å². The molecule has 1 aliphatic heterocycles. The number of nitrogens with one attached hydrogen (secondary N) is 1. The Morgan fingerprint density at radius 3 is 2.82 bits per heavy atom. The Morgan fingerprint density at radius 1 is 1.41 bits per heavy atom. The van der Waals surface area contributed by atoms with Crippen molar-refractivity contribution in [3.8, 4) is 0 Å². The molecular weight excluding hydrogens is 280 g/mol. The maximum atomic E-state index is 12.2. The van der Waals surface area contributed by atoms with E-state index in [-0.39, 0.29) is 23.8 Å². The lowest BCUT2D eigenvalue weighted by Crippen LogP contribution is -2.39. The molecule has 1 aromatic rings. The van der Waals surface area contributed by atoms with Gasteiger partial charge in [0.1, 0.15) is 0 Å². The van der Waals surface area contributed by atoms with Gasteiger partial charge in [0.15, 0.2) is 0 Å². The minimum atomic E-state index is -0.248. The van der Waals surface area contributed by atoms with Crippen molar-refractivity contribution >= 4 is 11.8 Å². The first-order chi connectivity index (χ1) is 10.6. The van der Waals surface area contributed by atoms with Crippen LogP contribution in [0.5, 0.6) is 0 Å². The standard InChI is InChI=1S/C17H24N2O3/c1-13(12-22-2)19-11-15(10-16(19)20)17(21)18-9-8-14-6-4-3-5-7-14/h3-7,13,15H,8-12H2,1-2H3,(H,18,21)/t13-,15-/m0/s1. The third kappa shape index (κ3) is 4.31. The second-order valence-corrected chi connectivity index (χ2v) is 5.78. The van der Waals surface area contributed by atoms with Gasteiger partial charge in [-0.2, -0.15) is 0 Å². The van der Waals surface area contributed by atoms with Crippen LogP contribution in [0.2, 0.25) is 0 Å². The van der Waals surface area contributed by atoms with Gasteiger partial charge in [0.2, 0.25) is 11.8 Å². The molecule has 0 radical (unpaired) electrons. The predicted octanol–water partition coefficient (Wildman–Crippen LogP) is 1.23. The van der Waals surface area contributed by atoms with Crippen LogP contribution in [-0.4, -0.2) is 49.6 Å². The van der Waals surface area contributed by atoms with Crippen LogP contribution in [0.25, 0.3) is 0 Å². The fourth-order valence-electron chi connectivity index (χ4n) is 2.78. The summed E-state index contributed by atoms with van der Waals surface area (Å²) in [5, 5.41) is 2.94. The molecule has 0 aromatic heterocycles. The molecule has 0 aliphatic carbocycles. The third-order valence-electron chi connectivity index (χ3n) is 4.02. The number of hydrogen-bond donors (Lipinski definition) is 1. The van der Waals surface area contributed by atoms with Crippen LogP contribution >= 0.6 is 0 Å². The average Bonchev–Trinajstić information content (AvgIpc) is 2.91. The van der Waals surface area contributed by atoms with Crippen molar-refractivity contribution in [1.29, 1.82) is 0 Å². The van der Waals surface area contributed by atoms with Crippen molar-refractivity contribution in [2.24, 2.45) is 5.92 Å². The molecular formula is C17H24N2O3. The highest BCUT2D eigenvalue weighted by Crippen LogP contribution is 2.20. The molecule has 5 heteroatoms. The molecule has 1 fully saturated rings. The first kappa shape index (κ1) is 16.5. The zero-order chi connectivity index (χ0) is 15.9. The second kappa shape index (κ2) is 7.94. The van der Waals surface area contributed by atoms with Gasteiger partial charge in [-0.3, -0.25) is 9.59 Å². The molecule has 2 rings (SSSR count). The molecule has 0 saturated carbocycles. The Morgan fingerprint density at radius 2 is 2.14 bits per heavy atom. The molecule has 0 unspecified atom stereocenters. The lowest BCUT2D eigenvalue weighted by Gasteiger charge is -2.23. The molecule has 1 heterocycles. The molecule has 5 nitrogen and oxygen atoms in total. The van der Waals surface area contributed by atoms with Crippen molar-refractivity contribution in [2.75, 3.05) is 26.8 Å². The van der Waals surface area contributed by atoms with Gasteiger partial charge in [-0.05, 0) is 18.9 Å². The molecule has 1 aliphatic rings. The smallest absolute Gasteiger partial charge is 0.225 e. The Bertz CT molecular complexity index is 504. The molecule has 1 N–H and O–H groups in total. The van der Waals surface area contributed by atoms with Gasteiger partial charge in [0, 0.05) is 26.6 Å². The number of methoxy groups -OCH3 is 1. The topological polar surface area (TPSA) is 58.6 Å². The quantitative estimate of drug-likeness (QED) is 0.824. The lowest BCUT2D eigenvalue weighted by atomic mass is 10.1. The van der Waals surface area contributed by atoms with Crippen LogP contribution in [0.4, 0.5) is 0 Å². The summed E-state index contributed by atoms with van der Waals surface area (Å²) in [6.45, 7) is 3.52. The zero-order valence-electron chi connectivity index (χ0n) is 13.2. The van der Waals surface area contributed by atoms with E-state index in [0.29, 0.717) is 26.1 Å². The van der Waals surface area contributed by atoms with Crippen LogP contribution in [-0.2, 0) is 20.7 Å². The summed E-state index contributed by atoms with van der Waals surface area (Å²) in [4.78, 5) is 25.9. The van der Waals surface area contributed by atoms with Crippen LogP contribution in [0.3, 0.4) is 0 Å². The van der Waals surface area contributed by atoms with E-state index in [0.717, 1.165) is 6.42 Å². The summed E-state index contributed by atoms with van der Waals surface area (Å²) in [6.07, 6.45) is 1.10. The second-order valence-electron chi connectivity index (χ2n) is 5.78. The monoisotopic (exact) mass is 304 g/mol. The van der Waals surface area contributed by atoms with Gasteiger partial charge in [-0.25, -0.2) is 0 Å². The fourth-order valence-corrected chi connectivity index (χ4v) is 2.78. The van der Waals surface area contributed by atoms with Gasteiger partial charge in [-0.15, -0.1) is 0 Å². The number of carbonyl (C=O) groups is 2. The zero-order valence-corrected chi connectivity index (χ0v) is 13.2. The predicted molar refractivity (Wildman–Crippen MR) is 84.3 cm³/mol. The molecule has 22 heavy (non-hydrogen) atoms. The number of rotatable bonds is 7. The van der Waals surface area contributed by atoms with E-state index in [1.165, 1.54) is 5.56 Å². The summed E-state index contributed by atoms with van der Waals surface area (Å²) in [5.41, 5.74) is 1.20. The summed E-state index contributed by atoms with van der Waals surface area (Å²) in [5.74, 6) is -0.244.